The van der Waals surface area contributed by atoms with Crippen LogP contribution in [0.25, 0.3) is 33.8 Å². The fraction of sp³-hybridized carbons (Fsp3) is 0.357. The topological polar surface area (TPSA) is 106 Å². The van der Waals surface area contributed by atoms with Crippen LogP contribution in [-0.4, -0.2) is 59.6 Å². The summed E-state index contributed by atoms with van der Waals surface area (Å²) in [6.45, 7) is 1.27. The van der Waals surface area contributed by atoms with Crippen molar-refractivity contribution in [2.45, 2.75) is 43.9 Å². The quantitative estimate of drug-likeness (QED) is 0.271. The molecule has 10 nitrogen and oxygen atoms in total. The minimum absolute atomic E-state index is 0.188. The van der Waals surface area contributed by atoms with Gasteiger partial charge in [0, 0.05) is 30.5 Å². The van der Waals surface area contributed by atoms with Crippen molar-refractivity contribution in [3.8, 4) is 28.7 Å². The molecule has 2 fully saturated rings. The molecule has 0 bridgehead atoms. The zero-order chi connectivity index (χ0) is 28.1. The number of rotatable bonds is 7. The monoisotopic (exact) mass is 562 g/mol. The first-order valence-corrected chi connectivity index (χ1v) is 13.3. The van der Waals surface area contributed by atoms with E-state index in [1.165, 1.54) is 6.33 Å². The van der Waals surface area contributed by atoms with Crippen LogP contribution in [-0.2, 0) is 17.5 Å². The van der Waals surface area contributed by atoms with Gasteiger partial charge >= 0.3 is 6.18 Å². The van der Waals surface area contributed by atoms with Gasteiger partial charge in [0.1, 0.15) is 17.7 Å². The average molecular weight is 563 g/mol. The molecule has 2 aliphatic rings. The summed E-state index contributed by atoms with van der Waals surface area (Å²) in [5.74, 6) is 1.51. The van der Waals surface area contributed by atoms with Crippen LogP contribution < -0.4 is 4.74 Å². The van der Waals surface area contributed by atoms with Crippen LogP contribution in [0.4, 0.5) is 13.2 Å². The summed E-state index contributed by atoms with van der Waals surface area (Å²) in [5, 5.41) is 5.28. The summed E-state index contributed by atoms with van der Waals surface area (Å²) < 4.78 is 54.8. The molecule has 13 heteroatoms. The van der Waals surface area contributed by atoms with Crippen molar-refractivity contribution in [1.82, 2.24) is 39.3 Å². The van der Waals surface area contributed by atoms with E-state index in [2.05, 4.69) is 25.0 Å². The Bertz CT molecular complexity index is 1720. The zero-order valence-corrected chi connectivity index (χ0v) is 22.0. The molecule has 7 rings (SSSR count). The van der Waals surface area contributed by atoms with Crippen molar-refractivity contribution < 1.29 is 22.6 Å². The van der Waals surface area contributed by atoms with Crippen LogP contribution in [0, 0.1) is 0 Å². The van der Waals surface area contributed by atoms with Crippen molar-refractivity contribution in [1.29, 1.82) is 0 Å². The maximum Gasteiger partial charge on any atom is 0.434 e. The molecule has 1 saturated heterocycles. The molecule has 1 aliphatic heterocycles. The molecule has 1 atom stereocenters. The SMILES string of the molecule is COc1ncnc(C2CC2)c1-c1ncc2cnn(Cc3ccc(-c4nc(C(F)(F)F)cn4C4CCOC4)cc3)c2n1. The summed E-state index contributed by atoms with van der Waals surface area (Å²) in [6.07, 6.45) is 4.21. The maximum atomic E-state index is 13.5. The summed E-state index contributed by atoms with van der Waals surface area (Å²) in [4.78, 5) is 22.1. The zero-order valence-electron chi connectivity index (χ0n) is 22.0. The fourth-order valence-electron chi connectivity index (χ4n) is 5.21. The number of hydrogen-bond acceptors (Lipinski definition) is 8. The molecule has 1 aromatic carbocycles. The van der Waals surface area contributed by atoms with Crippen LogP contribution in [0.5, 0.6) is 5.88 Å². The van der Waals surface area contributed by atoms with Crippen LogP contribution in [0.15, 0.2) is 49.2 Å². The van der Waals surface area contributed by atoms with E-state index in [0.717, 1.165) is 35.7 Å². The molecule has 0 radical (unpaired) electrons. The van der Waals surface area contributed by atoms with E-state index in [9.17, 15) is 13.2 Å². The molecule has 41 heavy (non-hydrogen) atoms. The third-order valence-electron chi connectivity index (χ3n) is 7.47. The van der Waals surface area contributed by atoms with Gasteiger partial charge in [-0.15, -0.1) is 0 Å². The Kier molecular flexibility index (Phi) is 6.18. The molecule has 1 aliphatic carbocycles. The Morgan fingerprint density at radius 2 is 1.85 bits per heavy atom. The second kappa shape index (κ2) is 9.91. The lowest BCUT2D eigenvalue weighted by atomic mass is 10.1. The molecule has 0 spiro atoms. The van der Waals surface area contributed by atoms with Crippen LogP contribution in [0.1, 0.15) is 48.2 Å². The lowest BCUT2D eigenvalue weighted by Gasteiger charge is -2.14. The molecule has 0 N–H and O–H groups in total. The van der Waals surface area contributed by atoms with Crippen LogP contribution >= 0.6 is 0 Å². The third kappa shape index (κ3) is 4.79. The summed E-state index contributed by atoms with van der Waals surface area (Å²) in [7, 11) is 1.56. The maximum absolute atomic E-state index is 13.5. The molecule has 0 amide bonds. The van der Waals surface area contributed by atoms with Crippen LogP contribution in [0.3, 0.4) is 0 Å². The van der Waals surface area contributed by atoms with Gasteiger partial charge in [0.05, 0.1) is 43.6 Å². The molecule has 5 aromatic rings. The largest absolute Gasteiger partial charge is 0.480 e. The van der Waals surface area contributed by atoms with Crippen LogP contribution in [0.2, 0.25) is 0 Å². The number of imidazole rings is 1. The summed E-state index contributed by atoms with van der Waals surface area (Å²) in [6, 6.07) is 7.10. The molecular formula is C28H25F3N8O2. The molecular weight excluding hydrogens is 537 g/mol. The first-order valence-electron chi connectivity index (χ1n) is 13.3. The lowest BCUT2D eigenvalue weighted by Crippen LogP contribution is -2.09. The van der Waals surface area contributed by atoms with E-state index in [-0.39, 0.29) is 11.9 Å². The number of alkyl halides is 3. The van der Waals surface area contributed by atoms with E-state index in [1.807, 2.05) is 12.1 Å². The van der Waals surface area contributed by atoms with E-state index < -0.39 is 11.9 Å². The highest BCUT2D eigenvalue weighted by Crippen LogP contribution is 2.45. The van der Waals surface area contributed by atoms with Gasteiger partial charge in [0.2, 0.25) is 5.88 Å². The van der Waals surface area contributed by atoms with E-state index in [1.54, 1.807) is 40.9 Å². The van der Waals surface area contributed by atoms with Gasteiger partial charge in [-0.2, -0.15) is 18.3 Å². The highest BCUT2D eigenvalue weighted by Gasteiger charge is 2.36. The molecule has 1 unspecified atom stereocenters. The lowest BCUT2D eigenvalue weighted by molar-refractivity contribution is -0.140. The Morgan fingerprint density at radius 3 is 2.56 bits per heavy atom. The Labute approximate surface area is 232 Å². The molecule has 5 heterocycles. The standard InChI is InChI=1S/C28H25F3N8O2/c1-40-27-22(23(17-6-7-17)33-15-34-27)24-32-10-19-11-35-39(26(19)37-24)12-16-2-4-18(5-3-16)25-36-21(28(29,30)31)13-38(25)20-8-9-41-14-20/h2-5,10-11,13,15,17,20H,6-9,12,14H2,1H3. The van der Waals surface area contributed by atoms with Gasteiger partial charge in [-0.1, -0.05) is 24.3 Å². The van der Waals surface area contributed by atoms with E-state index in [0.29, 0.717) is 60.6 Å². The fourth-order valence-corrected chi connectivity index (χ4v) is 5.21. The Morgan fingerprint density at radius 1 is 1.02 bits per heavy atom. The number of fused-ring (bicyclic) bond motifs is 1. The predicted molar refractivity (Wildman–Crippen MR) is 141 cm³/mol. The number of methoxy groups -OCH3 is 1. The number of aromatic nitrogens is 8. The van der Waals surface area contributed by atoms with Gasteiger partial charge in [-0.05, 0) is 24.8 Å². The minimum atomic E-state index is -4.53. The Balaban J connectivity index is 1.20. The second-order valence-corrected chi connectivity index (χ2v) is 10.3. The van der Waals surface area contributed by atoms with Gasteiger partial charge in [0.15, 0.2) is 17.2 Å². The molecule has 1 saturated carbocycles. The van der Waals surface area contributed by atoms with Crippen molar-refractivity contribution >= 4 is 11.0 Å². The van der Waals surface area contributed by atoms with Gasteiger partial charge in [-0.3, -0.25) is 0 Å². The minimum Gasteiger partial charge on any atom is -0.480 e. The number of halogens is 3. The van der Waals surface area contributed by atoms with Gasteiger partial charge in [-0.25, -0.2) is 29.6 Å². The van der Waals surface area contributed by atoms with E-state index >= 15 is 0 Å². The number of benzene rings is 1. The number of ether oxygens (including phenoxy) is 2. The van der Waals surface area contributed by atoms with Gasteiger partial charge in [0.25, 0.3) is 0 Å². The van der Waals surface area contributed by atoms with Crippen molar-refractivity contribution in [2.75, 3.05) is 20.3 Å². The van der Waals surface area contributed by atoms with Crippen molar-refractivity contribution in [3.63, 3.8) is 0 Å². The Hall–Kier alpha value is -4.39. The van der Waals surface area contributed by atoms with Gasteiger partial charge < -0.3 is 14.0 Å². The first kappa shape index (κ1) is 25.6. The number of nitrogens with zero attached hydrogens (tertiary/aromatic N) is 8. The number of hydrogen-bond donors (Lipinski definition) is 0. The summed E-state index contributed by atoms with van der Waals surface area (Å²) in [5.41, 5.74) is 2.80. The normalized spacial score (nSPS) is 17.4. The highest BCUT2D eigenvalue weighted by molar-refractivity contribution is 5.77. The van der Waals surface area contributed by atoms with Crippen molar-refractivity contribution in [3.05, 3.63) is 66.1 Å². The molecule has 4 aromatic heterocycles. The van der Waals surface area contributed by atoms with E-state index in [4.69, 9.17) is 14.5 Å². The first-order chi connectivity index (χ1) is 19.9. The smallest absolute Gasteiger partial charge is 0.434 e. The predicted octanol–water partition coefficient (Wildman–Crippen LogP) is 5.06. The second-order valence-electron chi connectivity index (χ2n) is 10.3. The third-order valence-corrected chi connectivity index (χ3v) is 7.47. The molecule has 210 valence electrons. The summed E-state index contributed by atoms with van der Waals surface area (Å²) >= 11 is 0. The van der Waals surface area contributed by atoms with Crippen molar-refractivity contribution in [2.24, 2.45) is 0 Å². The highest BCUT2D eigenvalue weighted by atomic mass is 19.4. The average Bonchev–Trinajstić information content (AvgIpc) is 3.33.